The number of pyridine rings is 1. The molecule has 0 saturated heterocycles. The van der Waals surface area contributed by atoms with E-state index in [2.05, 4.69) is 10.3 Å². The van der Waals surface area contributed by atoms with E-state index in [0.29, 0.717) is 16.5 Å². The van der Waals surface area contributed by atoms with Gasteiger partial charge in [-0.1, -0.05) is 29.8 Å². The highest BCUT2D eigenvalue weighted by Gasteiger charge is 2.17. The highest BCUT2D eigenvalue weighted by molar-refractivity contribution is 6.30. The number of rotatable bonds is 6. The van der Waals surface area contributed by atoms with E-state index in [1.807, 2.05) is 0 Å². The predicted molar refractivity (Wildman–Crippen MR) is 122 cm³/mol. The first kappa shape index (κ1) is 21.3. The SMILES string of the molecule is COc1ccc(Cn2c(=O)c3cccnc3n(CC(=O)Nc3cccc(Cl)c3)c2=O)cc1. The van der Waals surface area contributed by atoms with Gasteiger partial charge in [-0.3, -0.25) is 18.7 Å². The van der Waals surface area contributed by atoms with Crippen molar-refractivity contribution >= 4 is 34.2 Å². The highest BCUT2D eigenvalue weighted by Crippen LogP contribution is 2.15. The number of nitrogens with one attached hydrogen (secondary N) is 1. The average Bonchev–Trinajstić information content (AvgIpc) is 2.80. The predicted octanol–water partition coefficient (Wildman–Crippen LogP) is 2.91. The Morgan fingerprint density at radius 1 is 1.06 bits per heavy atom. The van der Waals surface area contributed by atoms with E-state index in [4.69, 9.17) is 16.3 Å². The Labute approximate surface area is 187 Å². The zero-order valence-corrected chi connectivity index (χ0v) is 17.9. The van der Waals surface area contributed by atoms with E-state index >= 15 is 0 Å². The van der Waals surface area contributed by atoms with Crippen molar-refractivity contribution in [2.75, 3.05) is 12.4 Å². The summed E-state index contributed by atoms with van der Waals surface area (Å²) in [6, 6.07) is 16.9. The molecule has 4 aromatic rings. The molecule has 9 heteroatoms. The monoisotopic (exact) mass is 450 g/mol. The van der Waals surface area contributed by atoms with Crippen molar-refractivity contribution in [2.24, 2.45) is 0 Å². The second-order valence-corrected chi connectivity index (χ2v) is 7.48. The van der Waals surface area contributed by atoms with Gasteiger partial charge in [0, 0.05) is 16.9 Å². The largest absolute Gasteiger partial charge is 0.497 e. The highest BCUT2D eigenvalue weighted by atomic mass is 35.5. The number of amides is 1. The van der Waals surface area contributed by atoms with E-state index in [-0.39, 0.29) is 24.1 Å². The molecule has 0 spiro atoms. The zero-order chi connectivity index (χ0) is 22.7. The fourth-order valence-corrected chi connectivity index (χ4v) is 3.54. The maximum atomic E-state index is 13.2. The van der Waals surface area contributed by atoms with Gasteiger partial charge in [0.2, 0.25) is 5.91 Å². The summed E-state index contributed by atoms with van der Waals surface area (Å²) in [4.78, 5) is 43.1. The van der Waals surface area contributed by atoms with E-state index in [9.17, 15) is 14.4 Å². The third-order valence-corrected chi connectivity index (χ3v) is 5.12. The van der Waals surface area contributed by atoms with Gasteiger partial charge < -0.3 is 10.1 Å². The third-order valence-electron chi connectivity index (χ3n) is 4.89. The molecule has 4 rings (SSSR count). The van der Waals surface area contributed by atoms with Crippen LogP contribution in [-0.4, -0.2) is 27.1 Å². The van der Waals surface area contributed by atoms with Gasteiger partial charge in [-0.05, 0) is 48.0 Å². The molecule has 0 aliphatic rings. The maximum absolute atomic E-state index is 13.2. The molecule has 8 nitrogen and oxygen atoms in total. The van der Waals surface area contributed by atoms with Crippen LogP contribution in [0.25, 0.3) is 11.0 Å². The molecular formula is C23H19ClN4O4. The first-order valence-corrected chi connectivity index (χ1v) is 10.1. The molecule has 0 saturated carbocycles. The van der Waals surface area contributed by atoms with Gasteiger partial charge >= 0.3 is 5.69 Å². The van der Waals surface area contributed by atoms with Gasteiger partial charge in [-0.15, -0.1) is 0 Å². The Morgan fingerprint density at radius 3 is 2.56 bits per heavy atom. The van der Waals surface area contributed by atoms with Crippen LogP contribution in [0.2, 0.25) is 5.02 Å². The van der Waals surface area contributed by atoms with Crippen molar-refractivity contribution in [2.45, 2.75) is 13.1 Å². The molecule has 0 fully saturated rings. The number of carbonyl (C=O) groups excluding carboxylic acids is 1. The second kappa shape index (κ2) is 9.07. The number of hydrogen-bond donors (Lipinski definition) is 1. The molecule has 2 aromatic heterocycles. The topological polar surface area (TPSA) is 95.2 Å². The molecule has 0 aliphatic carbocycles. The lowest BCUT2D eigenvalue weighted by molar-refractivity contribution is -0.116. The van der Waals surface area contributed by atoms with Crippen LogP contribution in [-0.2, 0) is 17.9 Å². The minimum Gasteiger partial charge on any atom is -0.497 e. The maximum Gasteiger partial charge on any atom is 0.333 e. The molecule has 0 atom stereocenters. The van der Waals surface area contributed by atoms with Gasteiger partial charge in [0.15, 0.2) is 0 Å². The molecule has 0 bridgehead atoms. The third kappa shape index (κ3) is 4.40. The standard InChI is InChI=1S/C23H19ClN4O4/c1-32-18-9-7-15(8-10-18)13-28-22(30)19-6-3-11-25-21(19)27(23(28)31)14-20(29)26-17-5-2-4-16(24)12-17/h2-12H,13-14H2,1H3,(H,26,29). The van der Waals surface area contributed by atoms with Crippen molar-refractivity contribution in [3.63, 3.8) is 0 Å². The number of fused-ring (bicyclic) bond motifs is 1. The average molecular weight is 451 g/mol. The molecule has 0 radical (unpaired) electrons. The zero-order valence-electron chi connectivity index (χ0n) is 17.1. The van der Waals surface area contributed by atoms with Crippen LogP contribution in [0.4, 0.5) is 5.69 Å². The van der Waals surface area contributed by atoms with Crippen LogP contribution >= 0.6 is 11.6 Å². The van der Waals surface area contributed by atoms with Gasteiger partial charge in [-0.2, -0.15) is 0 Å². The molecule has 0 unspecified atom stereocenters. The van der Waals surface area contributed by atoms with Crippen LogP contribution < -0.4 is 21.3 Å². The lowest BCUT2D eigenvalue weighted by Crippen LogP contribution is -2.42. The Bertz CT molecular complexity index is 1410. The van der Waals surface area contributed by atoms with Crippen LogP contribution in [0.3, 0.4) is 0 Å². The van der Waals surface area contributed by atoms with Crippen LogP contribution in [0.1, 0.15) is 5.56 Å². The quantitative estimate of drug-likeness (QED) is 0.487. The fraction of sp³-hybridized carbons (Fsp3) is 0.130. The van der Waals surface area contributed by atoms with Gasteiger partial charge in [-0.25, -0.2) is 9.78 Å². The molecule has 162 valence electrons. The summed E-state index contributed by atoms with van der Waals surface area (Å²) in [6.07, 6.45) is 1.47. The van der Waals surface area contributed by atoms with Crippen LogP contribution in [0, 0.1) is 0 Å². The number of carbonyl (C=O) groups is 1. The lowest BCUT2D eigenvalue weighted by atomic mass is 10.2. The number of nitrogens with zero attached hydrogens (tertiary/aromatic N) is 3. The molecule has 2 aromatic carbocycles. The van der Waals surface area contributed by atoms with E-state index < -0.39 is 17.2 Å². The minimum atomic E-state index is -0.627. The summed E-state index contributed by atoms with van der Waals surface area (Å²) in [6.45, 7) is -0.274. The van der Waals surface area contributed by atoms with Gasteiger partial charge in [0.25, 0.3) is 5.56 Å². The smallest absolute Gasteiger partial charge is 0.333 e. The van der Waals surface area contributed by atoms with Crippen molar-refractivity contribution in [3.8, 4) is 5.75 Å². The summed E-state index contributed by atoms with van der Waals surface area (Å²) in [5, 5.41) is 3.43. The molecule has 0 aliphatic heterocycles. The Balaban J connectivity index is 1.73. The summed E-state index contributed by atoms with van der Waals surface area (Å²) < 4.78 is 7.44. The number of aromatic nitrogens is 3. The molecule has 32 heavy (non-hydrogen) atoms. The van der Waals surface area contributed by atoms with E-state index in [0.717, 1.165) is 10.1 Å². The van der Waals surface area contributed by atoms with E-state index in [1.54, 1.807) is 67.8 Å². The number of halogens is 1. The minimum absolute atomic E-state index is 0.0441. The Kier molecular flexibility index (Phi) is 6.04. The van der Waals surface area contributed by atoms with Crippen LogP contribution in [0.5, 0.6) is 5.75 Å². The Morgan fingerprint density at radius 2 is 1.84 bits per heavy atom. The summed E-state index contributed by atoms with van der Waals surface area (Å²) in [5.41, 5.74) is 0.288. The first-order chi connectivity index (χ1) is 15.5. The van der Waals surface area contributed by atoms with Crippen LogP contribution in [0.15, 0.2) is 76.4 Å². The van der Waals surface area contributed by atoms with Gasteiger partial charge in [0.05, 0.1) is 19.0 Å². The van der Waals surface area contributed by atoms with Crippen molar-refractivity contribution in [3.05, 3.63) is 98.3 Å². The summed E-state index contributed by atoms with van der Waals surface area (Å²) in [5.74, 6) is 0.217. The number of methoxy groups -OCH3 is 1. The van der Waals surface area contributed by atoms with Crippen molar-refractivity contribution < 1.29 is 9.53 Å². The van der Waals surface area contributed by atoms with Crippen molar-refractivity contribution in [1.29, 1.82) is 0 Å². The summed E-state index contributed by atoms with van der Waals surface area (Å²) in [7, 11) is 1.56. The molecular weight excluding hydrogens is 432 g/mol. The second-order valence-electron chi connectivity index (χ2n) is 7.04. The molecule has 1 N–H and O–H groups in total. The van der Waals surface area contributed by atoms with Crippen molar-refractivity contribution in [1.82, 2.24) is 14.1 Å². The van der Waals surface area contributed by atoms with Gasteiger partial charge in [0.1, 0.15) is 17.9 Å². The summed E-state index contributed by atoms with van der Waals surface area (Å²) >= 11 is 5.96. The number of hydrogen-bond acceptors (Lipinski definition) is 5. The lowest BCUT2D eigenvalue weighted by Gasteiger charge is -2.14. The number of anilines is 1. The molecule has 1 amide bonds. The number of ether oxygens (including phenoxy) is 1. The molecule has 2 heterocycles. The fourth-order valence-electron chi connectivity index (χ4n) is 3.35. The number of benzene rings is 2. The normalized spacial score (nSPS) is 10.8. The van der Waals surface area contributed by atoms with E-state index in [1.165, 1.54) is 10.8 Å². The first-order valence-electron chi connectivity index (χ1n) is 9.73. The Hall–Kier alpha value is -3.91.